The zero-order valence-corrected chi connectivity index (χ0v) is 11.4. The smallest absolute Gasteiger partial charge is 0.253 e. The van der Waals surface area contributed by atoms with E-state index in [1.807, 2.05) is 6.07 Å². The molecular formula is C11H9Cl2N3OS. The summed E-state index contributed by atoms with van der Waals surface area (Å²) in [5.41, 5.74) is 5.84. The molecule has 0 aromatic carbocycles. The zero-order valence-electron chi connectivity index (χ0n) is 9.11. The first-order chi connectivity index (χ1) is 8.56. The molecule has 1 amide bonds. The summed E-state index contributed by atoms with van der Waals surface area (Å²) in [6, 6.07) is 5.14. The van der Waals surface area contributed by atoms with Crippen LogP contribution in [0.5, 0.6) is 0 Å². The Morgan fingerprint density at radius 2 is 2.22 bits per heavy atom. The van der Waals surface area contributed by atoms with Crippen molar-refractivity contribution < 1.29 is 4.79 Å². The number of pyridine rings is 1. The first-order valence-corrected chi connectivity index (χ1v) is 6.57. The second-order valence-electron chi connectivity index (χ2n) is 3.48. The summed E-state index contributed by atoms with van der Waals surface area (Å²) in [4.78, 5) is 16.6. The number of nitrogens with one attached hydrogen (secondary N) is 1. The lowest BCUT2D eigenvalue weighted by Gasteiger charge is -2.04. The van der Waals surface area contributed by atoms with Gasteiger partial charge in [0.1, 0.15) is 5.82 Å². The first kappa shape index (κ1) is 13.1. The van der Waals surface area contributed by atoms with E-state index in [1.54, 1.807) is 6.07 Å². The minimum atomic E-state index is -0.256. The number of hydrogen-bond acceptors (Lipinski definition) is 4. The molecule has 0 saturated carbocycles. The van der Waals surface area contributed by atoms with Crippen LogP contribution in [0.1, 0.15) is 15.2 Å². The molecule has 2 aromatic rings. The van der Waals surface area contributed by atoms with Gasteiger partial charge in [-0.2, -0.15) is 0 Å². The van der Waals surface area contributed by atoms with E-state index in [9.17, 15) is 4.79 Å². The Bertz CT molecular complexity index is 585. The molecule has 0 bridgehead atoms. The Morgan fingerprint density at radius 1 is 1.44 bits per heavy atom. The molecule has 0 aliphatic heterocycles. The Morgan fingerprint density at radius 3 is 2.83 bits per heavy atom. The predicted molar refractivity (Wildman–Crippen MR) is 74.2 cm³/mol. The second-order valence-corrected chi connectivity index (χ2v) is 5.69. The monoisotopic (exact) mass is 301 g/mol. The molecule has 0 spiro atoms. The number of nitrogens with zero attached hydrogens (tertiary/aromatic N) is 1. The van der Waals surface area contributed by atoms with Crippen LogP contribution in [0.4, 0.5) is 5.82 Å². The largest absolute Gasteiger partial charge is 0.382 e. The number of halogens is 2. The summed E-state index contributed by atoms with van der Waals surface area (Å²) in [5.74, 6) is -0.0489. The van der Waals surface area contributed by atoms with Crippen molar-refractivity contribution in [3.05, 3.63) is 44.2 Å². The van der Waals surface area contributed by atoms with Crippen LogP contribution < -0.4 is 11.1 Å². The molecule has 3 N–H and O–H groups in total. The Labute approximate surface area is 118 Å². The molecular weight excluding hydrogens is 293 g/mol. The summed E-state index contributed by atoms with van der Waals surface area (Å²) in [6.07, 6.45) is 1.39. The van der Waals surface area contributed by atoms with Crippen molar-refractivity contribution >= 4 is 46.3 Å². The number of thiophene rings is 1. The van der Waals surface area contributed by atoms with Gasteiger partial charge in [-0.3, -0.25) is 4.79 Å². The maximum atomic E-state index is 11.8. The summed E-state index contributed by atoms with van der Waals surface area (Å²) < 4.78 is 0.691. The lowest BCUT2D eigenvalue weighted by atomic mass is 10.2. The van der Waals surface area contributed by atoms with E-state index >= 15 is 0 Å². The Balaban J connectivity index is 2.01. The third kappa shape index (κ3) is 3.13. The van der Waals surface area contributed by atoms with E-state index in [0.29, 0.717) is 16.4 Å². The SMILES string of the molecule is Nc1ncc(C(=O)NCc2ccc(Cl)s2)cc1Cl. The van der Waals surface area contributed by atoms with E-state index in [0.717, 1.165) is 4.88 Å². The fourth-order valence-corrected chi connectivity index (χ4v) is 2.48. The average Bonchev–Trinajstić information content (AvgIpc) is 2.75. The van der Waals surface area contributed by atoms with Crippen LogP contribution >= 0.6 is 34.5 Å². The molecule has 2 rings (SSSR count). The fourth-order valence-electron chi connectivity index (χ4n) is 1.29. The number of rotatable bonds is 3. The van der Waals surface area contributed by atoms with Gasteiger partial charge >= 0.3 is 0 Å². The van der Waals surface area contributed by atoms with Gasteiger partial charge in [-0.25, -0.2) is 4.98 Å². The van der Waals surface area contributed by atoms with Crippen molar-refractivity contribution in [3.8, 4) is 0 Å². The van der Waals surface area contributed by atoms with Crippen LogP contribution in [-0.2, 0) is 6.54 Å². The molecule has 0 radical (unpaired) electrons. The minimum absolute atomic E-state index is 0.207. The third-order valence-electron chi connectivity index (χ3n) is 2.18. The zero-order chi connectivity index (χ0) is 13.1. The number of hydrogen-bond donors (Lipinski definition) is 2. The number of nitrogen functional groups attached to an aromatic ring is 1. The van der Waals surface area contributed by atoms with Crippen LogP contribution in [0.3, 0.4) is 0 Å². The molecule has 0 unspecified atom stereocenters. The van der Waals surface area contributed by atoms with E-state index in [1.165, 1.54) is 23.6 Å². The van der Waals surface area contributed by atoms with Gasteiger partial charge in [0.05, 0.1) is 21.5 Å². The summed E-state index contributed by atoms with van der Waals surface area (Å²) in [5, 5.41) is 3.01. The van der Waals surface area contributed by atoms with E-state index < -0.39 is 0 Å². The van der Waals surface area contributed by atoms with Gasteiger partial charge in [0.15, 0.2) is 0 Å². The van der Waals surface area contributed by atoms with Crippen LogP contribution in [0, 0.1) is 0 Å². The lowest BCUT2D eigenvalue weighted by molar-refractivity contribution is 0.0951. The number of anilines is 1. The quantitative estimate of drug-likeness (QED) is 0.916. The van der Waals surface area contributed by atoms with E-state index in [2.05, 4.69) is 10.3 Å². The fraction of sp³-hybridized carbons (Fsp3) is 0.0909. The average molecular weight is 302 g/mol. The molecule has 94 valence electrons. The summed E-state index contributed by atoms with van der Waals surface area (Å²) >= 11 is 13.0. The Hall–Kier alpha value is -1.30. The number of carbonyl (C=O) groups is 1. The van der Waals surface area contributed by atoms with Crippen molar-refractivity contribution in [3.63, 3.8) is 0 Å². The summed E-state index contributed by atoms with van der Waals surface area (Å²) in [6.45, 7) is 0.415. The molecule has 0 aliphatic carbocycles. The number of carbonyl (C=O) groups excluding carboxylic acids is 1. The van der Waals surface area contributed by atoms with Crippen LogP contribution in [0.2, 0.25) is 9.36 Å². The molecule has 0 fully saturated rings. The van der Waals surface area contributed by atoms with Crippen molar-refractivity contribution in [1.29, 1.82) is 0 Å². The molecule has 2 heterocycles. The summed E-state index contributed by atoms with van der Waals surface area (Å²) in [7, 11) is 0. The van der Waals surface area contributed by atoms with Gasteiger partial charge < -0.3 is 11.1 Å². The highest BCUT2D eigenvalue weighted by Crippen LogP contribution is 2.21. The molecule has 4 nitrogen and oxygen atoms in total. The molecule has 2 aromatic heterocycles. The van der Waals surface area contributed by atoms with E-state index in [4.69, 9.17) is 28.9 Å². The van der Waals surface area contributed by atoms with Gasteiger partial charge in [-0.15, -0.1) is 11.3 Å². The maximum Gasteiger partial charge on any atom is 0.253 e. The molecule has 0 aliphatic rings. The van der Waals surface area contributed by atoms with E-state index in [-0.39, 0.29) is 16.7 Å². The van der Waals surface area contributed by atoms with Crippen molar-refractivity contribution in [2.24, 2.45) is 0 Å². The van der Waals surface area contributed by atoms with Gasteiger partial charge in [0.2, 0.25) is 0 Å². The number of nitrogens with two attached hydrogens (primary N) is 1. The van der Waals surface area contributed by atoms with Gasteiger partial charge in [-0.1, -0.05) is 23.2 Å². The predicted octanol–water partition coefficient (Wildman–Crippen LogP) is 2.96. The first-order valence-electron chi connectivity index (χ1n) is 4.99. The highest BCUT2D eigenvalue weighted by Gasteiger charge is 2.09. The topological polar surface area (TPSA) is 68.0 Å². The molecule has 0 atom stereocenters. The number of amides is 1. The normalized spacial score (nSPS) is 10.3. The van der Waals surface area contributed by atoms with Gasteiger partial charge in [0.25, 0.3) is 5.91 Å². The minimum Gasteiger partial charge on any atom is -0.382 e. The Kier molecular flexibility index (Phi) is 4.06. The van der Waals surface area contributed by atoms with Crippen LogP contribution in [0.15, 0.2) is 24.4 Å². The van der Waals surface area contributed by atoms with Crippen molar-refractivity contribution in [1.82, 2.24) is 10.3 Å². The van der Waals surface area contributed by atoms with Crippen LogP contribution in [0.25, 0.3) is 0 Å². The van der Waals surface area contributed by atoms with Gasteiger partial charge in [0, 0.05) is 11.1 Å². The number of aromatic nitrogens is 1. The third-order valence-corrected chi connectivity index (χ3v) is 3.72. The van der Waals surface area contributed by atoms with Crippen molar-refractivity contribution in [2.45, 2.75) is 6.54 Å². The lowest BCUT2D eigenvalue weighted by Crippen LogP contribution is -2.22. The van der Waals surface area contributed by atoms with Crippen molar-refractivity contribution in [2.75, 3.05) is 5.73 Å². The highest BCUT2D eigenvalue weighted by molar-refractivity contribution is 7.16. The highest BCUT2D eigenvalue weighted by atomic mass is 35.5. The standard InChI is InChI=1S/C11H9Cl2N3OS/c12-8-3-6(4-15-10(8)14)11(17)16-5-7-1-2-9(13)18-7/h1-4H,5H2,(H2,14,15)(H,16,17). The molecule has 18 heavy (non-hydrogen) atoms. The van der Waals surface area contributed by atoms with Gasteiger partial charge in [-0.05, 0) is 18.2 Å². The molecule has 0 saturated heterocycles. The maximum absolute atomic E-state index is 11.8. The van der Waals surface area contributed by atoms with Crippen LogP contribution in [-0.4, -0.2) is 10.9 Å². The molecule has 7 heteroatoms. The second kappa shape index (κ2) is 5.56.